The van der Waals surface area contributed by atoms with E-state index in [1.165, 1.54) is 0 Å². The molecule has 0 radical (unpaired) electrons. The SMILES string of the molecule is CON(c1nc2c(ncn2CC(O)(CO[Si](C)(C)C(C)(C)C)CO[Si](C)(C)C(C)(C)C)c(=O)[nH]1)C(c1ccccc1)(c1ccccc1)c1ccccc1. The average Bonchev–Trinajstić information content (AvgIpc) is 3.51. The smallest absolute Gasteiger partial charge is 0.280 e. The van der Waals surface area contributed by atoms with Gasteiger partial charge in [0.2, 0.25) is 5.95 Å². The summed E-state index contributed by atoms with van der Waals surface area (Å²) in [7, 11) is -2.95. The zero-order valence-corrected chi connectivity index (χ0v) is 35.2. The number of hydrogen-bond acceptors (Lipinski definition) is 8. The van der Waals surface area contributed by atoms with Crippen LogP contribution in [0.2, 0.25) is 36.3 Å². The highest BCUT2D eigenvalue weighted by molar-refractivity contribution is 6.74. The lowest BCUT2D eigenvalue weighted by molar-refractivity contribution is -0.0578. The van der Waals surface area contributed by atoms with Gasteiger partial charge in [0, 0.05) is 0 Å². The molecule has 3 aromatic carbocycles. The molecule has 0 amide bonds. The fraction of sp³-hybridized carbons (Fsp3) is 0.439. The molecule has 0 spiro atoms. The summed E-state index contributed by atoms with van der Waals surface area (Å²) in [5, 5.41) is 14.0. The number of benzene rings is 3. The van der Waals surface area contributed by atoms with E-state index in [0.717, 1.165) is 16.7 Å². The van der Waals surface area contributed by atoms with Gasteiger partial charge in [0.15, 0.2) is 27.8 Å². The molecule has 0 unspecified atom stereocenters. The van der Waals surface area contributed by atoms with Crippen LogP contribution in [0.3, 0.4) is 0 Å². The summed E-state index contributed by atoms with van der Waals surface area (Å²) in [4.78, 5) is 32.7. The van der Waals surface area contributed by atoms with Crippen molar-refractivity contribution in [3.05, 3.63) is 124 Å². The van der Waals surface area contributed by atoms with E-state index in [2.05, 4.69) is 77.7 Å². The summed E-state index contributed by atoms with van der Waals surface area (Å²) in [6.07, 6.45) is 1.55. The number of nitrogens with one attached hydrogen (secondary N) is 1. The van der Waals surface area contributed by atoms with Gasteiger partial charge in [-0.05, 0) is 53.0 Å². The van der Waals surface area contributed by atoms with E-state index in [1.54, 1.807) is 23.1 Å². The van der Waals surface area contributed by atoms with Gasteiger partial charge < -0.3 is 18.5 Å². The first-order valence-corrected chi connectivity index (χ1v) is 24.0. The van der Waals surface area contributed by atoms with E-state index in [9.17, 15) is 9.90 Å². The summed E-state index contributed by atoms with van der Waals surface area (Å²) in [6, 6.07) is 30.0. The molecule has 2 heterocycles. The van der Waals surface area contributed by atoms with Crippen LogP contribution in [0, 0.1) is 0 Å². The van der Waals surface area contributed by atoms with Gasteiger partial charge in [0.1, 0.15) is 11.1 Å². The summed E-state index contributed by atoms with van der Waals surface area (Å²) in [5.74, 6) is 0.168. The van der Waals surface area contributed by atoms with Gasteiger partial charge in [-0.25, -0.2) is 10.0 Å². The number of H-pyrrole nitrogens is 1. The Bertz CT molecular complexity index is 1890. The van der Waals surface area contributed by atoms with Crippen molar-refractivity contribution in [2.24, 2.45) is 0 Å². The number of rotatable bonds is 14. The fourth-order valence-corrected chi connectivity index (χ4v) is 8.06. The van der Waals surface area contributed by atoms with E-state index in [0.29, 0.717) is 5.65 Å². The van der Waals surface area contributed by atoms with Crippen LogP contribution in [0.4, 0.5) is 5.95 Å². The van der Waals surface area contributed by atoms with E-state index >= 15 is 0 Å². The number of aromatic amines is 1. The number of imidazole rings is 1. The van der Waals surface area contributed by atoms with Gasteiger partial charge >= 0.3 is 0 Å². The van der Waals surface area contributed by atoms with Crippen molar-refractivity contribution in [1.29, 1.82) is 0 Å². The second-order valence-corrected chi connectivity index (χ2v) is 26.7. The molecule has 0 saturated heterocycles. The average molecular weight is 756 g/mol. The molecule has 53 heavy (non-hydrogen) atoms. The lowest BCUT2D eigenvalue weighted by atomic mass is 9.76. The summed E-state index contributed by atoms with van der Waals surface area (Å²) < 4.78 is 15.0. The van der Waals surface area contributed by atoms with Gasteiger partial charge in [0.05, 0.1) is 33.2 Å². The number of hydrogen-bond donors (Lipinski definition) is 2. The molecule has 2 aromatic heterocycles. The Morgan fingerprint density at radius 3 is 1.53 bits per heavy atom. The standard InChI is InChI=1S/C41H57N5O5Si2/c1-38(2,3)52(8,9)50-28-40(48,29-51-53(10,11)39(4,5)6)27-45-30-42-34-35(45)43-37(44-36(34)47)46(49-7)41(31-21-15-12-16-22-31,32-23-17-13-18-24-32)33-25-19-14-20-26-33/h12-26,30,48H,27-29H2,1-11H3,(H,43,44,47). The first-order valence-electron chi connectivity index (χ1n) is 18.2. The van der Waals surface area contributed by atoms with E-state index in [4.69, 9.17) is 18.7 Å². The normalized spacial score (nSPS) is 13.4. The zero-order chi connectivity index (χ0) is 38.9. The molecular weight excluding hydrogens is 699 g/mol. The maximum absolute atomic E-state index is 13.9. The van der Waals surface area contributed by atoms with Gasteiger partial charge in [-0.3, -0.25) is 14.6 Å². The van der Waals surface area contributed by atoms with Crippen molar-refractivity contribution >= 4 is 33.7 Å². The lowest BCUT2D eigenvalue weighted by Crippen LogP contribution is -2.53. The van der Waals surface area contributed by atoms with Crippen LogP contribution in [-0.2, 0) is 25.8 Å². The molecule has 12 heteroatoms. The summed E-state index contributed by atoms with van der Waals surface area (Å²) >= 11 is 0. The van der Waals surface area contributed by atoms with Crippen LogP contribution in [0.15, 0.2) is 102 Å². The van der Waals surface area contributed by atoms with Crippen molar-refractivity contribution in [3.63, 3.8) is 0 Å². The van der Waals surface area contributed by atoms with Gasteiger partial charge in [0.25, 0.3) is 5.56 Å². The third-order valence-electron chi connectivity index (χ3n) is 11.2. The minimum atomic E-state index is -2.26. The number of anilines is 1. The van der Waals surface area contributed by atoms with Crippen LogP contribution >= 0.6 is 0 Å². The minimum absolute atomic E-state index is 0.0385. The second-order valence-electron chi connectivity index (χ2n) is 17.0. The number of fused-ring (bicyclic) bond motifs is 1. The van der Waals surface area contributed by atoms with Gasteiger partial charge in [-0.2, -0.15) is 4.98 Å². The molecule has 0 bridgehead atoms. The van der Waals surface area contributed by atoms with Gasteiger partial charge in [-0.15, -0.1) is 0 Å². The Morgan fingerprint density at radius 2 is 1.15 bits per heavy atom. The minimum Gasteiger partial charge on any atom is -0.414 e. The molecule has 0 atom stereocenters. The van der Waals surface area contributed by atoms with Crippen molar-refractivity contribution in [2.45, 2.75) is 95.5 Å². The quantitative estimate of drug-likeness (QED) is 0.0662. The Labute approximate surface area is 316 Å². The topological polar surface area (TPSA) is 115 Å². The number of aromatic nitrogens is 4. The molecule has 5 aromatic rings. The summed E-state index contributed by atoms with van der Waals surface area (Å²) in [5.41, 5.74) is 0.168. The first-order chi connectivity index (χ1) is 24.8. The molecule has 284 valence electrons. The highest BCUT2D eigenvalue weighted by atomic mass is 28.4. The second kappa shape index (κ2) is 15.1. The lowest BCUT2D eigenvalue weighted by Gasteiger charge is -2.43. The number of hydroxylamine groups is 1. The molecule has 0 fully saturated rings. The highest BCUT2D eigenvalue weighted by Crippen LogP contribution is 2.44. The molecule has 10 nitrogen and oxygen atoms in total. The molecule has 2 N–H and O–H groups in total. The van der Waals surface area contributed by atoms with E-state index < -0.39 is 33.3 Å². The Hall–Kier alpha value is -3.92. The van der Waals surface area contributed by atoms with Gasteiger partial charge in [-0.1, -0.05) is 133 Å². The maximum atomic E-state index is 13.9. The Kier molecular flexibility index (Phi) is 11.5. The van der Waals surface area contributed by atoms with Crippen molar-refractivity contribution in [3.8, 4) is 0 Å². The zero-order valence-electron chi connectivity index (χ0n) is 33.2. The van der Waals surface area contributed by atoms with Crippen LogP contribution < -0.4 is 10.6 Å². The van der Waals surface area contributed by atoms with E-state index in [-0.39, 0.29) is 41.3 Å². The molecular formula is C41H57N5O5Si2. The van der Waals surface area contributed by atoms with Crippen LogP contribution in [-0.4, -0.2) is 67.2 Å². The summed E-state index contributed by atoms with van der Waals surface area (Å²) in [6.45, 7) is 21.9. The van der Waals surface area contributed by atoms with Crippen LogP contribution in [0.25, 0.3) is 11.2 Å². The predicted octanol–water partition coefficient (Wildman–Crippen LogP) is 8.25. The largest absolute Gasteiger partial charge is 0.414 e. The van der Waals surface area contributed by atoms with Crippen molar-refractivity contribution in [1.82, 2.24) is 19.5 Å². The third-order valence-corrected chi connectivity index (χ3v) is 20.2. The van der Waals surface area contributed by atoms with Crippen LogP contribution in [0.5, 0.6) is 0 Å². The van der Waals surface area contributed by atoms with E-state index in [1.807, 2.05) is 91.0 Å². The van der Waals surface area contributed by atoms with Crippen LogP contribution in [0.1, 0.15) is 58.2 Å². The predicted molar refractivity (Wildman–Crippen MR) is 218 cm³/mol. The maximum Gasteiger partial charge on any atom is 0.280 e. The molecule has 0 aliphatic rings. The molecule has 0 aliphatic heterocycles. The highest BCUT2D eigenvalue weighted by Gasteiger charge is 2.46. The number of aliphatic hydroxyl groups is 1. The molecule has 5 rings (SSSR count). The first kappa shape index (κ1) is 40.3. The third kappa shape index (κ3) is 8.13. The number of nitrogens with zero attached hydrogens (tertiary/aromatic N) is 4. The Morgan fingerprint density at radius 1 is 0.736 bits per heavy atom. The Balaban J connectivity index is 1.67. The van der Waals surface area contributed by atoms with Crippen molar-refractivity contribution in [2.75, 3.05) is 25.4 Å². The molecule has 0 saturated carbocycles. The molecule has 0 aliphatic carbocycles. The monoisotopic (exact) mass is 755 g/mol. The van der Waals surface area contributed by atoms with Crippen molar-refractivity contribution < 1.29 is 18.8 Å². The fourth-order valence-electron chi connectivity index (χ4n) is 5.94.